The molecule has 0 aliphatic rings. The van der Waals surface area contributed by atoms with Gasteiger partial charge in [-0.25, -0.2) is 13.1 Å². The van der Waals surface area contributed by atoms with E-state index in [1.807, 2.05) is 20.8 Å². The molecule has 1 rings (SSSR count). The van der Waals surface area contributed by atoms with Gasteiger partial charge in [0.15, 0.2) is 0 Å². The lowest BCUT2D eigenvalue weighted by Gasteiger charge is -2.06. The number of sulfonamides is 1. The summed E-state index contributed by atoms with van der Waals surface area (Å²) in [6.07, 6.45) is 0. The molecule has 0 radical (unpaired) electrons. The van der Waals surface area contributed by atoms with E-state index in [-0.39, 0.29) is 11.0 Å². The van der Waals surface area contributed by atoms with Crippen molar-refractivity contribution in [1.82, 2.24) is 10.0 Å². The molecule has 6 heteroatoms. The van der Waals surface area contributed by atoms with Crippen LogP contribution in [0.5, 0.6) is 0 Å². The molecule has 1 aromatic heterocycles. The van der Waals surface area contributed by atoms with Gasteiger partial charge in [0.1, 0.15) is 5.76 Å². The maximum Gasteiger partial charge on any atom is 0.273 e. The van der Waals surface area contributed by atoms with Gasteiger partial charge in [-0.1, -0.05) is 20.8 Å². The minimum atomic E-state index is -3.50. The van der Waals surface area contributed by atoms with Crippen molar-refractivity contribution in [2.75, 3.05) is 13.1 Å². The first-order chi connectivity index (χ1) is 7.95. The molecule has 17 heavy (non-hydrogen) atoms. The summed E-state index contributed by atoms with van der Waals surface area (Å²) in [5.41, 5.74) is 0. The molecule has 0 atom stereocenters. The van der Waals surface area contributed by atoms with Gasteiger partial charge >= 0.3 is 0 Å². The molecule has 0 aliphatic heterocycles. The Morgan fingerprint density at radius 2 is 2.06 bits per heavy atom. The van der Waals surface area contributed by atoms with Crippen LogP contribution in [-0.4, -0.2) is 21.5 Å². The van der Waals surface area contributed by atoms with Crippen molar-refractivity contribution in [3.05, 3.63) is 17.9 Å². The molecule has 98 valence electrons. The van der Waals surface area contributed by atoms with Crippen molar-refractivity contribution >= 4 is 10.0 Å². The predicted molar refractivity (Wildman–Crippen MR) is 66.1 cm³/mol. The van der Waals surface area contributed by atoms with Gasteiger partial charge in [-0.2, -0.15) is 0 Å². The van der Waals surface area contributed by atoms with Gasteiger partial charge in [0.25, 0.3) is 10.0 Å². The lowest BCUT2D eigenvalue weighted by atomic mass is 10.2. The molecule has 5 nitrogen and oxygen atoms in total. The molecular weight excluding hydrogens is 240 g/mol. The van der Waals surface area contributed by atoms with Gasteiger partial charge in [-0.05, 0) is 24.6 Å². The largest absolute Gasteiger partial charge is 0.447 e. The Morgan fingerprint density at radius 1 is 1.35 bits per heavy atom. The highest BCUT2D eigenvalue weighted by molar-refractivity contribution is 7.89. The number of nitrogens with one attached hydrogen (secondary N) is 2. The lowest BCUT2D eigenvalue weighted by molar-refractivity contribution is 0.400. The van der Waals surface area contributed by atoms with Crippen LogP contribution in [0.1, 0.15) is 26.5 Å². The number of hydrogen-bond donors (Lipinski definition) is 2. The van der Waals surface area contributed by atoms with Gasteiger partial charge in [0.05, 0.1) is 6.54 Å². The summed E-state index contributed by atoms with van der Waals surface area (Å²) in [7, 11) is -3.50. The average Bonchev–Trinajstić information content (AvgIpc) is 2.73. The van der Waals surface area contributed by atoms with E-state index >= 15 is 0 Å². The van der Waals surface area contributed by atoms with E-state index in [9.17, 15) is 8.42 Å². The Kier molecular flexibility index (Phi) is 5.17. The van der Waals surface area contributed by atoms with Crippen LogP contribution in [0.25, 0.3) is 0 Å². The highest BCUT2D eigenvalue weighted by Gasteiger charge is 2.18. The molecule has 0 aliphatic carbocycles. The molecule has 0 spiro atoms. The van der Waals surface area contributed by atoms with Crippen LogP contribution >= 0.6 is 0 Å². The van der Waals surface area contributed by atoms with E-state index < -0.39 is 10.0 Å². The minimum absolute atomic E-state index is 0.0222. The first-order valence-electron chi connectivity index (χ1n) is 5.74. The van der Waals surface area contributed by atoms with Crippen molar-refractivity contribution in [3.63, 3.8) is 0 Å². The smallest absolute Gasteiger partial charge is 0.273 e. The molecule has 0 aromatic carbocycles. The standard InChI is InChI=1S/C11H20N2O3S/c1-4-12-8-10-5-6-11(16-10)17(14,15)13-7-9(2)3/h5-6,9,12-13H,4,7-8H2,1-3H3. The normalized spacial score (nSPS) is 12.2. The van der Waals surface area contributed by atoms with Crippen molar-refractivity contribution < 1.29 is 12.8 Å². The van der Waals surface area contributed by atoms with Gasteiger partial charge in [0.2, 0.25) is 5.09 Å². The van der Waals surface area contributed by atoms with E-state index in [2.05, 4.69) is 10.0 Å². The van der Waals surface area contributed by atoms with Gasteiger partial charge < -0.3 is 9.73 Å². The van der Waals surface area contributed by atoms with Gasteiger partial charge in [-0.15, -0.1) is 0 Å². The van der Waals surface area contributed by atoms with E-state index in [1.165, 1.54) is 6.07 Å². The predicted octanol–water partition coefficient (Wildman–Crippen LogP) is 1.32. The lowest BCUT2D eigenvalue weighted by Crippen LogP contribution is -2.27. The second kappa shape index (κ2) is 6.18. The fourth-order valence-corrected chi connectivity index (χ4v) is 2.35. The number of furan rings is 1. The zero-order chi connectivity index (χ0) is 12.9. The third-order valence-corrected chi connectivity index (χ3v) is 3.43. The van der Waals surface area contributed by atoms with Crippen LogP contribution in [-0.2, 0) is 16.6 Å². The second-order valence-electron chi connectivity index (χ2n) is 4.25. The highest BCUT2D eigenvalue weighted by Crippen LogP contribution is 2.13. The summed E-state index contributed by atoms with van der Waals surface area (Å²) in [6.45, 7) is 7.63. The van der Waals surface area contributed by atoms with Crippen molar-refractivity contribution in [3.8, 4) is 0 Å². The topological polar surface area (TPSA) is 71.3 Å². The van der Waals surface area contributed by atoms with Gasteiger partial charge in [0, 0.05) is 6.54 Å². The summed E-state index contributed by atoms with van der Waals surface area (Å²) < 4.78 is 31.4. The van der Waals surface area contributed by atoms with Crippen molar-refractivity contribution in [2.24, 2.45) is 5.92 Å². The molecule has 0 fully saturated rings. The first-order valence-corrected chi connectivity index (χ1v) is 7.23. The Morgan fingerprint density at radius 3 is 2.65 bits per heavy atom. The fraction of sp³-hybridized carbons (Fsp3) is 0.636. The van der Waals surface area contributed by atoms with Crippen LogP contribution in [0.4, 0.5) is 0 Å². The zero-order valence-electron chi connectivity index (χ0n) is 10.5. The Balaban J connectivity index is 2.68. The van der Waals surface area contributed by atoms with Crippen LogP contribution in [0, 0.1) is 5.92 Å². The van der Waals surface area contributed by atoms with Crippen molar-refractivity contribution in [1.29, 1.82) is 0 Å². The summed E-state index contributed by atoms with van der Waals surface area (Å²) in [5, 5.41) is 3.05. The Hall–Kier alpha value is -0.850. The van der Waals surface area contributed by atoms with E-state index in [4.69, 9.17) is 4.42 Å². The second-order valence-corrected chi connectivity index (χ2v) is 5.94. The molecule has 0 saturated heterocycles. The molecule has 2 N–H and O–H groups in total. The summed E-state index contributed by atoms with van der Waals surface area (Å²) >= 11 is 0. The molecule has 0 bridgehead atoms. The Labute approximate surface area is 103 Å². The molecule has 0 amide bonds. The number of hydrogen-bond acceptors (Lipinski definition) is 4. The number of rotatable bonds is 7. The molecule has 1 heterocycles. The molecule has 1 aromatic rings. The Bertz CT molecular complexity index is 437. The van der Waals surface area contributed by atoms with E-state index in [1.54, 1.807) is 6.07 Å². The molecule has 0 saturated carbocycles. The maximum absolute atomic E-state index is 11.8. The molecular formula is C11H20N2O3S. The third-order valence-electron chi connectivity index (χ3n) is 2.13. The van der Waals surface area contributed by atoms with Crippen LogP contribution < -0.4 is 10.0 Å². The van der Waals surface area contributed by atoms with Crippen LogP contribution in [0.2, 0.25) is 0 Å². The first kappa shape index (κ1) is 14.2. The van der Waals surface area contributed by atoms with E-state index in [0.29, 0.717) is 18.8 Å². The third kappa shape index (κ3) is 4.49. The summed E-state index contributed by atoms with van der Waals surface area (Å²) in [4.78, 5) is 0. The maximum atomic E-state index is 11.8. The fourth-order valence-electron chi connectivity index (χ4n) is 1.19. The van der Waals surface area contributed by atoms with Gasteiger partial charge in [-0.3, -0.25) is 0 Å². The van der Waals surface area contributed by atoms with Crippen LogP contribution in [0.3, 0.4) is 0 Å². The zero-order valence-corrected chi connectivity index (χ0v) is 11.3. The van der Waals surface area contributed by atoms with Crippen molar-refractivity contribution in [2.45, 2.75) is 32.4 Å². The highest BCUT2D eigenvalue weighted by atomic mass is 32.2. The quantitative estimate of drug-likeness (QED) is 0.775. The molecule has 0 unspecified atom stereocenters. The monoisotopic (exact) mass is 260 g/mol. The van der Waals surface area contributed by atoms with Crippen LogP contribution in [0.15, 0.2) is 21.6 Å². The average molecular weight is 260 g/mol. The minimum Gasteiger partial charge on any atom is -0.447 e. The van der Waals surface area contributed by atoms with E-state index in [0.717, 1.165) is 6.54 Å². The SMILES string of the molecule is CCNCc1ccc(S(=O)(=O)NCC(C)C)o1. The summed E-state index contributed by atoms with van der Waals surface area (Å²) in [6, 6.07) is 3.15. The summed E-state index contributed by atoms with van der Waals surface area (Å²) in [5.74, 6) is 0.887.